The number of carbonyl (C=O) groups is 1. The van der Waals surface area contributed by atoms with Crippen molar-refractivity contribution in [3.63, 3.8) is 0 Å². The van der Waals surface area contributed by atoms with E-state index in [1.165, 1.54) is 0 Å². The van der Waals surface area contributed by atoms with E-state index in [2.05, 4.69) is 0 Å². The average Bonchev–Trinajstić information content (AvgIpc) is 1.36. The van der Waals surface area contributed by atoms with E-state index in [4.69, 9.17) is 5.11 Å². The van der Waals surface area contributed by atoms with Crippen LogP contribution in [-0.2, 0) is 4.79 Å². The van der Waals surface area contributed by atoms with E-state index in [0.29, 0.717) is 0 Å². The Bertz CT molecular complexity index is 60.7. The van der Waals surface area contributed by atoms with Gasteiger partial charge < -0.3 is 5.11 Å². The summed E-state index contributed by atoms with van der Waals surface area (Å²) in [6.45, 7) is 3.28. The molecule has 0 aromatic heterocycles. The van der Waals surface area contributed by atoms with Crippen LogP contribution in [0.4, 0.5) is 0 Å². The smallest absolute Gasteiger partial charge is 0.305 e. The molecule has 0 rings (SSSR count). The molecule has 1 radical (unpaired) electrons. The summed E-state index contributed by atoms with van der Waals surface area (Å²) in [5.41, 5.74) is 0. The molecule has 0 unspecified atom stereocenters. The van der Waals surface area contributed by atoms with Gasteiger partial charge in [0, 0.05) is 27.3 Å². The minimum Gasteiger partial charge on any atom is -0.481 e. The van der Waals surface area contributed by atoms with Gasteiger partial charge in [-0.25, -0.2) is 0 Å². The number of rotatable bonds is 1. The molecule has 0 bridgehead atoms. The first-order valence-corrected chi connectivity index (χ1v) is 1.87. The summed E-state index contributed by atoms with van der Waals surface area (Å²) in [6, 6.07) is 0. The number of hydrogen-bond donors (Lipinski definition) is 1. The zero-order valence-electron chi connectivity index (χ0n) is 4.51. The third-order valence-corrected chi connectivity index (χ3v) is 0.494. The van der Waals surface area contributed by atoms with Crippen LogP contribution in [0.2, 0.25) is 0 Å². The molecule has 0 aromatic carbocycles. The van der Waals surface area contributed by atoms with Crippen molar-refractivity contribution in [3.05, 3.63) is 0 Å². The molecule has 0 aromatic rings. The van der Waals surface area contributed by atoms with Gasteiger partial charge in [-0.15, -0.1) is 0 Å². The van der Waals surface area contributed by atoms with Gasteiger partial charge in [0.15, 0.2) is 0 Å². The van der Waals surface area contributed by atoms with Crippen LogP contribution in [0, 0.1) is 5.92 Å². The molecule has 0 aliphatic rings. The molecule has 0 aliphatic carbocycles. The van der Waals surface area contributed by atoms with Crippen LogP contribution in [0.15, 0.2) is 0 Å². The number of carboxylic acid groups (broad SMARTS) is 1. The Morgan fingerprint density at radius 1 is 1.57 bits per heavy atom. The van der Waals surface area contributed by atoms with Crippen molar-refractivity contribution in [2.24, 2.45) is 5.92 Å². The van der Waals surface area contributed by atoms with Gasteiger partial charge in [0.25, 0.3) is 0 Å². The largest absolute Gasteiger partial charge is 0.481 e. The van der Waals surface area contributed by atoms with Gasteiger partial charge in [-0.1, -0.05) is 13.8 Å². The number of carboxylic acids is 1. The van der Waals surface area contributed by atoms with Gasteiger partial charge in [0.2, 0.25) is 0 Å². The van der Waals surface area contributed by atoms with E-state index < -0.39 is 5.97 Å². The molecule has 0 fully saturated rings. The molecule has 0 amide bonds. The predicted octanol–water partition coefficient (Wildman–Crippen LogP) is 0.346. The molecule has 0 aliphatic heterocycles. The van der Waals surface area contributed by atoms with Gasteiger partial charge in [-0.3, -0.25) is 4.79 Å². The van der Waals surface area contributed by atoms with Crippen LogP contribution < -0.4 is 0 Å². The molecular weight excluding hydrogens is 284 g/mol. The van der Waals surface area contributed by atoms with Crippen LogP contribution in [0.25, 0.3) is 0 Å². The maximum absolute atomic E-state index is 9.70. The van der Waals surface area contributed by atoms with Crippen molar-refractivity contribution in [2.45, 2.75) is 13.8 Å². The third kappa shape index (κ3) is 6.39. The van der Waals surface area contributed by atoms with E-state index >= 15 is 0 Å². The van der Waals surface area contributed by atoms with Crippen molar-refractivity contribution in [1.29, 1.82) is 0 Å². The first kappa shape index (κ1) is 10.4. The zero-order valence-corrected chi connectivity index (χ0v) is 9.00. The Morgan fingerprint density at radius 2 is 1.71 bits per heavy atom. The Morgan fingerprint density at radius 3 is 1.71 bits per heavy atom. The maximum Gasteiger partial charge on any atom is 0.305 e. The SMILES string of the molecule is CC(C)C(=O)O.[Tl]. The van der Waals surface area contributed by atoms with Gasteiger partial charge in [-0.05, 0) is 0 Å². The van der Waals surface area contributed by atoms with Crippen molar-refractivity contribution in [1.82, 2.24) is 0 Å². The summed E-state index contributed by atoms with van der Waals surface area (Å²) >= 11 is 0. The molecule has 2 nitrogen and oxygen atoms in total. The Hall–Kier alpha value is 0.392. The average molecular weight is 292 g/mol. The summed E-state index contributed by atoms with van der Waals surface area (Å²) in [5, 5.41) is 7.99. The Balaban J connectivity index is 0. The van der Waals surface area contributed by atoms with E-state index in [0.717, 1.165) is 0 Å². The monoisotopic (exact) mass is 293 g/mol. The molecule has 3 heteroatoms. The standard InChI is InChI=1S/C4H8O2.Tl/c1-3(2)4(5)6;/h3H,1-2H3,(H,5,6);. The van der Waals surface area contributed by atoms with E-state index in [1.54, 1.807) is 13.8 Å². The third-order valence-electron chi connectivity index (χ3n) is 0.494. The second-order valence-corrected chi connectivity index (χ2v) is 1.49. The summed E-state index contributed by atoms with van der Waals surface area (Å²) in [5.74, 6) is -0.972. The van der Waals surface area contributed by atoms with Gasteiger partial charge in [0.1, 0.15) is 0 Å². The summed E-state index contributed by atoms with van der Waals surface area (Å²) < 4.78 is 0. The Kier molecular flexibility index (Phi) is 6.75. The van der Waals surface area contributed by atoms with Crippen molar-refractivity contribution in [2.75, 3.05) is 0 Å². The number of hydrogen-bond acceptors (Lipinski definition) is 1. The molecule has 0 spiro atoms. The number of aliphatic carboxylic acids is 1. The van der Waals surface area contributed by atoms with Crippen molar-refractivity contribution in [3.8, 4) is 0 Å². The van der Waals surface area contributed by atoms with Gasteiger partial charge >= 0.3 is 5.97 Å². The summed E-state index contributed by atoms with van der Waals surface area (Å²) in [6.07, 6.45) is 0. The summed E-state index contributed by atoms with van der Waals surface area (Å²) in [7, 11) is 0. The van der Waals surface area contributed by atoms with Crippen LogP contribution in [0.1, 0.15) is 13.8 Å². The van der Waals surface area contributed by atoms with Gasteiger partial charge in [0.05, 0.1) is 5.92 Å². The fourth-order valence-electron chi connectivity index (χ4n) is 0. The van der Waals surface area contributed by atoms with Crippen molar-refractivity contribution < 1.29 is 9.90 Å². The van der Waals surface area contributed by atoms with Crippen LogP contribution >= 0.6 is 0 Å². The van der Waals surface area contributed by atoms with E-state index in [-0.39, 0.29) is 33.2 Å². The first-order chi connectivity index (χ1) is 2.64. The maximum atomic E-state index is 9.70. The summed E-state index contributed by atoms with van der Waals surface area (Å²) in [4.78, 5) is 9.70. The van der Waals surface area contributed by atoms with E-state index in [9.17, 15) is 4.79 Å². The molecule has 0 heterocycles. The molecule has 1 N–H and O–H groups in total. The second-order valence-electron chi connectivity index (χ2n) is 1.49. The minimum absolute atomic E-state index is 0. The quantitative estimate of drug-likeness (QED) is 0.708. The normalized spacial score (nSPS) is 7.86. The molecular formula is C4H8O2Tl. The first-order valence-electron chi connectivity index (χ1n) is 1.87. The second kappa shape index (κ2) is 4.55. The molecule has 0 saturated carbocycles. The molecule has 39 valence electrons. The van der Waals surface area contributed by atoms with Crippen LogP contribution in [-0.4, -0.2) is 38.4 Å². The topological polar surface area (TPSA) is 37.3 Å². The molecule has 0 saturated heterocycles. The zero-order chi connectivity index (χ0) is 5.15. The van der Waals surface area contributed by atoms with E-state index in [1.807, 2.05) is 0 Å². The molecule has 7 heavy (non-hydrogen) atoms. The molecule has 0 atom stereocenters. The predicted molar refractivity (Wildman–Crippen MR) is 28.2 cm³/mol. The fourth-order valence-corrected chi connectivity index (χ4v) is 0. The Labute approximate surface area is 63.1 Å². The van der Waals surface area contributed by atoms with Crippen LogP contribution in [0.3, 0.4) is 0 Å². The minimum atomic E-state index is -0.741. The van der Waals surface area contributed by atoms with Crippen molar-refractivity contribution >= 4 is 33.3 Å². The fraction of sp³-hybridized carbons (Fsp3) is 0.750. The van der Waals surface area contributed by atoms with Gasteiger partial charge in [-0.2, -0.15) is 0 Å². The van der Waals surface area contributed by atoms with Crippen LogP contribution in [0.5, 0.6) is 0 Å².